The van der Waals surface area contributed by atoms with E-state index >= 15 is 0 Å². The molecule has 1 amide bonds. The zero-order valence-corrected chi connectivity index (χ0v) is 17.3. The second-order valence-corrected chi connectivity index (χ2v) is 8.32. The van der Waals surface area contributed by atoms with E-state index in [2.05, 4.69) is 4.98 Å². The largest absolute Gasteiger partial charge is 0.507 e. The third kappa shape index (κ3) is 3.49. The Morgan fingerprint density at radius 1 is 1.23 bits per heavy atom. The molecular weight excluding hydrogens is 396 g/mol. The first-order valence-corrected chi connectivity index (χ1v) is 10.6. The molecule has 1 aromatic carbocycles. The molecule has 1 aromatic heterocycles. The molecule has 0 aliphatic carbocycles. The Balaban J connectivity index is 1.59. The fraction of sp³-hybridized carbons (Fsp3) is 0.375. The highest BCUT2D eigenvalue weighted by molar-refractivity contribution is 6.46. The average molecular weight is 420 g/mol. The van der Waals surface area contributed by atoms with Crippen molar-refractivity contribution in [2.75, 3.05) is 13.2 Å². The molecule has 3 atom stereocenters. The number of ketones is 1. The van der Waals surface area contributed by atoms with Crippen LogP contribution < -0.4 is 4.74 Å². The van der Waals surface area contributed by atoms with Crippen LogP contribution in [-0.2, 0) is 20.7 Å². The molecule has 2 saturated heterocycles. The lowest BCUT2D eigenvalue weighted by molar-refractivity contribution is -0.140. The highest BCUT2D eigenvalue weighted by atomic mass is 16.5. The number of amides is 1. The lowest BCUT2D eigenvalue weighted by Gasteiger charge is -2.27. The number of aromatic nitrogens is 1. The highest BCUT2D eigenvalue weighted by Crippen LogP contribution is 2.41. The fourth-order valence-corrected chi connectivity index (χ4v) is 4.69. The fourth-order valence-electron chi connectivity index (χ4n) is 4.69. The minimum atomic E-state index is -0.685. The molecule has 4 heterocycles. The lowest BCUT2D eigenvalue weighted by Crippen LogP contribution is -2.36. The Kier molecular flexibility index (Phi) is 4.98. The van der Waals surface area contributed by atoms with Crippen LogP contribution in [0.4, 0.5) is 0 Å². The number of aliphatic hydroxyl groups excluding tert-OH is 1. The molecular formula is C24H24N2O5. The molecule has 0 radical (unpaired) electrons. The molecule has 0 saturated carbocycles. The summed E-state index contributed by atoms with van der Waals surface area (Å²) in [6, 6.07) is 8.22. The monoisotopic (exact) mass is 420 g/mol. The van der Waals surface area contributed by atoms with Gasteiger partial charge in [0.05, 0.1) is 17.7 Å². The number of likely N-dealkylation sites (tertiary alicyclic amines) is 1. The number of aliphatic hydroxyl groups is 1. The van der Waals surface area contributed by atoms with Crippen LogP contribution in [0.2, 0.25) is 0 Å². The van der Waals surface area contributed by atoms with Gasteiger partial charge in [0.25, 0.3) is 11.7 Å². The van der Waals surface area contributed by atoms with Crippen molar-refractivity contribution in [1.82, 2.24) is 9.88 Å². The maximum atomic E-state index is 13.1. The van der Waals surface area contributed by atoms with Gasteiger partial charge in [0.1, 0.15) is 17.6 Å². The second kappa shape index (κ2) is 7.81. The van der Waals surface area contributed by atoms with Crippen LogP contribution in [0, 0.1) is 0 Å². The van der Waals surface area contributed by atoms with Crippen molar-refractivity contribution in [1.29, 1.82) is 0 Å². The minimum Gasteiger partial charge on any atom is -0.507 e. The van der Waals surface area contributed by atoms with Crippen molar-refractivity contribution in [2.24, 2.45) is 0 Å². The number of rotatable bonds is 4. The van der Waals surface area contributed by atoms with Gasteiger partial charge in [-0.15, -0.1) is 0 Å². The number of nitrogens with zero attached hydrogens (tertiary/aromatic N) is 2. The number of pyridine rings is 1. The second-order valence-electron chi connectivity index (χ2n) is 8.32. The number of carbonyl (C=O) groups excluding carboxylic acids is 2. The Morgan fingerprint density at radius 2 is 2.03 bits per heavy atom. The summed E-state index contributed by atoms with van der Waals surface area (Å²) >= 11 is 0. The summed E-state index contributed by atoms with van der Waals surface area (Å²) in [6.45, 7) is 2.95. The first-order valence-electron chi connectivity index (χ1n) is 10.6. The molecule has 2 aromatic rings. The number of hydrogen-bond acceptors (Lipinski definition) is 6. The third-order valence-electron chi connectivity index (χ3n) is 6.16. The Labute approximate surface area is 180 Å². The maximum absolute atomic E-state index is 13.1. The Morgan fingerprint density at radius 3 is 2.77 bits per heavy atom. The van der Waals surface area contributed by atoms with Crippen molar-refractivity contribution in [2.45, 2.75) is 44.4 Å². The van der Waals surface area contributed by atoms with Crippen LogP contribution in [0.15, 0.2) is 48.3 Å². The number of hydrogen-bond donors (Lipinski definition) is 1. The first-order chi connectivity index (χ1) is 15.0. The summed E-state index contributed by atoms with van der Waals surface area (Å²) in [5, 5.41) is 11.2. The van der Waals surface area contributed by atoms with E-state index in [1.807, 2.05) is 13.0 Å². The quantitative estimate of drug-likeness (QED) is 0.465. The summed E-state index contributed by atoms with van der Waals surface area (Å²) < 4.78 is 11.5. The standard InChI is InChI=1S/C24H24N2O5/c1-14-11-17-12-16(4-5-19(17)31-14)22(27)20-21(15-6-8-25-9-7-15)26(24(29)23(20)28)13-18-3-2-10-30-18/h4-9,12,14,18,21,27H,2-3,10-11,13H2,1H3/b22-20+. The molecule has 0 bridgehead atoms. The van der Waals surface area contributed by atoms with Gasteiger partial charge in [-0.2, -0.15) is 0 Å². The summed E-state index contributed by atoms with van der Waals surface area (Å²) in [6.07, 6.45) is 5.71. The van der Waals surface area contributed by atoms with Crippen molar-refractivity contribution in [3.05, 3.63) is 65.0 Å². The van der Waals surface area contributed by atoms with E-state index in [1.165, 1.54) is 4.90 Å². The topological polar surface area (TPSA) is 89.0 Å². The highest BCUT2D eigenvalue weighted by Gasteiger charge is 2.47. The number of benzene rings is 1. The van der Waals surface area contributed by atoms with Crippen molar-refractivity contribution in [3.63, 3.8) is 0 Å². The van der Waals surface area contributed by atoms with E-state index in [1.54, 1.807) is 36.7 Å². The lowest BCUT2D eigenvalue weighted by atomic mass is 9.95. The number of ether oxygens (including phenoxy) is 2. The average Bonchev–Trinajstić information content (AvgIpc) is 3.48. The van der Waals surface area contributed by atoms with Crippen LogP contribution in [0.3, 0.4) is 0 Å². The molecule has 7 nitrogen and oxygen atoms in total. The van der Waals surface area contributed by atoms with E-state index in [0.29, 0.717) is 18.7 Å². The maximum Gasteiger partial charge on any atom is 0.295 e. The zero-order valence-electron chi connectivity index (χ0n) is 17.3. The molecule has 5 rings (SSSR count). The molecule has 7 heteroatoms. The molecule has 0 spiro atoms. The van der Waals surface area contributed by atoms with E-state index < -0.39 is 17.7 Å². The van der Waals surface area contributed by atoms with E-state index in [9.17, 15) is 14.7 Å². The van der Waals surface area contributed by atoms with Gasteiger partial charge in [-0.25, -0.2) is 0 Å². The predicted octanol–water partition coefficient (Wildman–Crippen LogP) is 3.01. The van der Waals surface area contributed by atoms with Gasteiger partial charge < -0.3 is 19.5 Å². The predicted molar refractivity (Wildman–Crippen MR) is 112 cm³/mol. The Bertz CT molecular complexity index is 1060. The first kappa shape index (κ1) is 19.8. The van der Waals surface area contributed by atoms with Gasteiger partial charge in [-0.1, -0.05) is 0 Å². The van der Waals surface area contributed by atoms with Crippen molar-refractivity contribution in [3.8, 4) is 5.75 Å². The summed E-state index contributed by atoms with van der Waals surface area (Å²) in [4.78, 5) is 31.7. The number of Topliss-reactive ketones (excluding diaryl/α,β-unsaturated/α-hetero) is 1. The summed E-state index contributed by atoms with van der Waals surface area (Å²) in [5.74, 6) is -0.676. The van der Waals surface area contributed by atoms with E-state index in [-0.39, 0.29) is 23.5 Å². The van der Waals surface area contributed by atoms with Gasteiger partial charge in [0.15, 0.2) is 0 Å². The van der Waals surface area contributed by atoms with E-state index in [0.717, 1.165) is 36.1 Å². The minimum absolute atomic E-state index is 0.0706. The number of fused-ring (bicyclic) bond motifs is 1. The molecule has 3 aliphatic heterocycles. The van der Waals surface area contributed by atoms with Crippen LogP contribution >= 0.6 is 0 Å². The molecule has 160 valence electrons. The zero-order chi connectivity index (χ0) is 21.5. The van der Waals surface area contributed by atoms with Crippen molar-refractivity contribution >= 4 is 17.4 Å². The van der Waals surface area contributed by atoms with Gasteiger partial charge >= 0.3 is 0 Å². The SMILES string of the molecule is CC1Cc2cc(/C(O)=C3\C(=O)C(=O)N(CC4CCCO4)C3c3ccncc3)ccc2O1. The van der Waals surface area contributed by atoms with Crippen LogP contribution in [0.25, 0.3) is 5.76 Å². The van der Waals surface area contributed by atoms with Crippen molar-refractivity contribution < 1.29 is 24.2 Å². The third-order valence-corrected chi connectivity index (χ3v) is 6.16. The smallest absolute Gasteiger partial charge is 0.295 e. The Hall–Kier alpha value is -3.19. The van der Waals surface area contributed by atoms with Crippen LogP contribution in [0.1, 0.15) is 42.5 Å². The number of carbonyl (C=O) groups is 2. The summed E-state index contributed by atoms with van der Waals surface area (Å²) in [7, 11) is 0. The van der Waals surface area contributed by atoms with Crippen LogP contribution in [0.5, 0.6) is 5.75 Å². The van der Waals surface area contributed by atoms with Gasteiger partial charge in [0, 0.05) is 37.5 Å². The summed E-state index contributed by atoms with van der Waals surface area (Å²) in [5.41, 5.74) is 2.31. The van der Waals surface area contributed by atoms with Gasteiger partial charge in [0.2, 0.25) is 0 Å². The molecule has 2 fully saturated rings. The van der Waals surface area contributed by atoms with Gasteiger partial charge in [-0.05, 0) is 61.2 Å². The van der Waals surface area contributed by atoms with E-state index in [4.69, 9.17) is 9.47 Å². The van der Waals surface area contributed by atoms with Crippen LogP contribution in [-0.4, -0.2) is 52.0 Å². The molecule has 3 unspecified atom stereocenters. The van der Waals surface area contributed by atoms with Gasteiger partial charge in [-0.3, -0.25) is 14.6 Å². The molecule has 3 aliphatic rings. The molecule has 1 N–H and O–H groups in total. The normalized spacial score (nSPS) is 26.9. The molecule has 31 heavy (non-hydrogen) atoms.